The molecule has 0 aliphatic rings. The zero-order chi connectivity index (χ0) is 66.1. The number of carbonyl (C=O) groups is 2. The molecule has 0 bridgehead atoms. The van der Waals surface area contributed by atoms with Crippen LogP contribution in [0.3, 0.4) is 0 Å². The Bertz CT molecular complexity index is 1380. The fraction of sp³-hybridized carbons (Fsp3) is 0.954. The van der Waals surface area contributed by atoms with Crippen LogP contribution in [0.25, 0.3) is 0 Å². The van der Waals surface area contributed by atoms with Gasteiger partial charge in [0.05, 0.1) is 6.61 Å². The van der Waals surface area contributed by atoms with Crippen LogP contribution in [0, 0.1) is 0 Å². The number of hydrogen-bond acceptors (Lipinski definition) is 5. The summed E-state index contributed by atoms with van der Waals surface area (Å²) in [7, 11) is 0. The Labute approximate surface area is 579 Å². The molecule has 0 rings (SSSR count). The van der Waals surface area contributed by atoms with Gasteiger partial charge in [-0.1, -0.05) is 475 Å². The van der Waals surface area contributed by atoms with Gasteiger partial charge in [0.15, 0.2) is 6.10 Å². The third kappa shape index (κ3) is 81.1. The highest BCUT2D eigenvalue weighted by Crippen LogP contribution is 2.21. The fourth-order valence-corrected chi connectivity index (χ4v) is 14.1. The van der Waals surface area contributed by atoms with Gasteiger partial charge in [-0.25, -0.2) is 0 Å². The first kappa shape index (κ1) is 90.6. The minimum atomic E-state index is -0.768. The van der Waals surface area contributed by atoms with Crippen LogP contribution in [0.2, 0.25) is 0 Å². The SMILES string of the molecule is CCCCCCCCCC/C=C\CCCCCCCCCCCCCCCCCCCCCCCCCCCCCCCC(=O)OC(CO)COC(=O)CCCCCCCCCCCCCCCCCCCCCCCCCCCCCCCCCCCCCCC. The van der Waals surface area contributed by atoms with Crippen molar-refractivity contribution in [2.75, 3.05) is 13.2 Å². The normalized spacial score (nSPS) is 12.1. The lowest BCUT2D eigenvalue weighted by Crippen LogP contribution is -2.28. The zero-order valence-corrected chi connectivity index (χ0v) is 63.4. The van der Waals surface area contributed by atoms with Crippen LogP contribution in [-0.2, 0) is 19.1 Å². The van der Waals surface area contributed by atoms with E-state index in [1.165, 1.54) is 456 Å². The van der Waals surface area contributed by atoms with E-state index in [0.29, 0.717) is 12.8 Å². The molecule has 5 nitrogen and oxygen atoms in total. The molecule has 0 fully saturated rings. The second-order valence-corrected chi connectivity index (χ2v) is 30.0. The van der Waals surface area contributed by atoms with Crippen molar-refractivity contribution in [1.29, 1.82) is 0 Å². The molecule has 0 radical (unpaired) electrons. The predicted octanol–water partition coefficient (Wildman–Crippen LogP) is 30.5. The van der Waals surface area contributed by atoms with Crippen LogP contribution in [0.15, 0.2) is 12.2 Å². The third-order valence-electron chi connectivity index (χ3n) is 20.6. The van der Waals surface area contributed by atoms with Crippen LogP contribution >= 0.6 is 0 Å². The summed E-state index contributed by atoms with van der Waals surface area (Å²) in [6.45, 7) is 4.23. The van der Waals surface area contributed by atoms with Gasteiger partial charge in [-0.2, -0.15) is 0 Å². The van der Waals surface area contributed by atoms with Crippen molar-refractivity contribution in [3.8, 4) is 0 Å². The summed E-state index contributed by atoms with van der Waals surface area (Å²) in [5.41, 5.74) is 0. The van der Waals surface area contributed by atoms with Crippen molar-refractivity contribution in [2.45, 2.75) is 521 Å². The maximum atomic E-state index is 12.4. The summed E-state index contributed by atoms with van der Waals surface area (Å²) in [5, 5.41) is 9.74. The summed E-state index contributed by atoms with van der Waals surface area (Å²) in [4.78, 5) is 24.7. The highest BCUT2D eigenvalue weighted by atomic mass is 16.6. The summed E-state index contributed by atoms with van der Waals surface area (Å²) >= 11 is 0. The molecule has 0 aromatic heterocycles. The first-order valence-corrected chi connectivity index (χ1v) is 43.2. The van der Waals surface area contributed by atoms with E-state index < -0.39 is 6.10 Å². The molecule has 0 saturated heterocycles. The molecule has 1 atom stereocenters. The average Bonchev–Trinajstić information content (AvgIpc) is 3.64. The molecule has 548 valence electrons. The molecule has 0 heterocycles. The van der Waals surface area contributed by atoms with E-state index in [0.717, 1.165) is 32.1 Å². The van der Waals surface area contributed by atoms with E-state index in [-0.39, 0.29) is 25.2 Å². The van der Waals surface area contributed by atoms with Crippen LogP contribution in [0.1, 0.15) is 515 Å². The quantitative estimate of drug-likeness (QED) is 0.0373. The average molecular weight is 1300 g/mol. The number of hydrogen-bond donors (Lipinski definition) is 1. The molecule has 5 heteroatoms. The van der Waals surface area contributed by atoms with E-state index in [1.54, 1.807) is 0 Å². The van der Waals surface area contributed by atoms with Gasteiger partial charge in [0.1, 0.15) is 6.61 Å². The van der Waals surface area contributed by atoms with Crippen LogP contribution in [0.5, 0.6) is 0 Å². The molecular formula is C87H170O5. The zero-order valence-electron chi connectivity index (χ0n) is 63.4. The lowest BCUT2D eigenvalue weighted by atomic mass is 10.0. The van der Waals surface area contributed by atoms with E-state index in [4.69, 9.17) is 9.47 Å². The predicted molar refractivity (Wildman–Crippen MR) is 409 cm³/mol. The second kappa shape index (κ2) is 83.9. The number of allylic oxidation sites excluding steroid dienone is 2. The number of carbonyl (C=O) groups excluding carboxylic acids is 2. The number of aliphatic hydroxyl groups excluding tert-OH is 1. The Balaban J connectivity index is 3.32. The van der Waals surface area contributed by atoms with E-state index in [9.17, 15) is 14.7 Å². The minimum absolute atomic E-state index is 0.0558. The Morgan fingerprint density at radius 2 is 0.402 bits per heavy atom. The van der Waals surface area contributed by atoms with Gasteiger partial charge in [0, 0.05) is 12.8 Å². The van der Waals surface area contributed by atoms with Crippen molar-refractivity contribution >= 4 is 11.9 Å². The van der Waals surface area contributed by atoms with Gasteiger partial charge < -0.3 is 14.6 Å². The molecule has 0 spiro atoms. The van der Waals surface area contributed by atoms with E-state index in [2.05, 4.69) is 26.0 Å². The number of esters is 2. The Hall–Kier alpha value is -1.36. The van der Waals surface area contributed by atoms with Gasteiger partial charge in [-0.05, 0) is 38.5 Å². The molecule has 92 heavy (non-hydrogen) atoms. The van der Waals surface area contributed by atoms with Gasteiger partial charge in [-0.3, -0.25) is 9.59 Å². The van der Waals surface area contributed by atoms with Crippen molar-refractivity contribution in [3.05, 3.63) is 12.2 Å². The maximum absolute atomic E-state index is 12.4. The van der Waals surface area contributed by atoms with Crippen LogP contribution in [0.4, 0.5) is 0 Å². The monoisotopic (exact) mass is 1300 g/mol. The Morgan fingerprint density at radius 3 is 0.587 bits per heavy atom. The number of ether oxygens (including phenoxy) is 2. The van der Waals surface area contributed by atoms with Crippen molar-refractivity contribution in [3.63, 3.8) is 0 Å². The second-order valence-electron chi connectivity index (χ2n) is 30.0. The topological polar surface area (TPSA) is 72.8 Å². The largest absolute Gasteiger partial charge is 0.462 e. The van der Waals surface area contributed by atoms with E-state index >= 15 is 0 Å². The Morgan fingerprint density at radius 1 is 0.239 bits per heavy atom. The summed E-state index contributed by atoms with van der Waals surface area (Å²) in [6, 6.07) is 0. The smallest absolute Gasteiger partial charge is 0.306 e. The standard InChI is InChI=1S/C87H170O5/c1-3-5-7-9-11-13-15-17-19-21-23-25-27-29-31-33-35-37-39-41-42-43-44-46-48-50-52-54-56-58-60-62-64-66-68-70-72-74-76-78-80-82-87(90)92-85(83-88)84-91-86(89)81-79-77-75-73-71-69-67-65-63-61-59-57-55-53-51-49-47-45-40-38-36-34-32-30-28-26-24-22-20-18-16-14-12-10-8-6-4-2/h21,23,85,88H,3-20,22,24-84H2,1-2H3/b23-21-. The van der Waals surface area contributed by atoms with Crippen molar-refractivity contribution < 1.29 is 24.2 Å². The first-order valence-electron chi connectivity index (χ1n) is 43.2. The molecule has 0 aliphatic carbocycles. The lowest BCUT2D eigenvalue weighted by molar-refractivity contribution is -0.161. The highest BCUT2D eigenvalue weighted by Gasteiger charge is 2.16. The molecule has 1 N–H and O–H groups in total. The van der Waals surface area contributed by atoms with E-state index in [1.807, 2.05) is 0 Å². The third-order valence-corrected chi connectivity index (χ3v) is 20.6. The molecule has 0 saturated carbocycles. The van der Waals surface area contributed by atoms with Gasteiger partial charge in [0.25, 0.3) is 0 Å². The highest BCUT2D eigenvalue weighted by molar-refractivity contribution is 5.70. The molecule has 0 amide bonds. The summed E-state index contributed by atoms with van der Waals surface area (Å²) in [6.07, 6.45) is 111. The van der Waals surface area contributed by atoms with Gasteiger partial charge in [-0.15, -0.1) is 0 Å². The van der Waals surface area contributed by atoms with Crippen molar-refractivity contribution in [2.24, 2.45) is 0 Å². The first-order chi connectivity index (χ1) is 45.6. The molecular weight excluding hydrogens is 1120 g/mol. The minimum Gasteiger partial charge on any atom is -0.462 e. The molecule has 0 aromatic carbocycles. The molecule has 0 aromatic rings. The summed E-state index contributed by atoms with van der Waals surface area (Å²) < 4.78 is 10.8. The van der Waals surface area contributed by atoms with Gasteiger partial charge in [0.2, 0.25) is 0 Å². The van der Waals surface area contributed by atoms with Gasteiger partial charge >= 0.3 is 11.9 Å². The summed E-state index contributed by atoms with van der Waals surface area (Å²) in [5.74, 6) is -0.555. The number of unbranched alkanes of at least 4 members (excludes halogenated alkanes) is 73. The van der Waals surface area contributed by atoms with Crippen LogP contribution < -0.4 is 0 Å². The number of rotatable bonds is 83. The molecule has 1 unspecified atom stereocenters. The number of aliphatic hydroxyl groups is 1. The van der Waals surface area contributed by atoms with Crippen molar-refractivity contribution in [1.82, 2.24) is 0 Å². The maximum Gasteiger partial charge on any atom is 0.306 e. The fourth-order valence-electron chi connectivity index (χ4n) is 14.1. The molecule has 0 aliphatic heterocycles. The van der Waals surface area contributed by atoms with Crippen LogP contribution in [-0.4, -0.2) is 36.4 Å². The lowest BCUT2D eigenvalue weighted by Gasteiger charge is -2.15. The Kier molecular flexibility index (Phi) is 82.6.